The third kappa shape index (κ3) is 5.89. The highest BCUT2D eigenvalue weighted by molar-refractivity contribution is 5.97. The summed E-state index contributed by atoms with van der Waals surface area (Å²) in [5, 5.41) is 0. The van der Waals surface area contributed by atoms with E-state index >= 15 is 0 Å². The fourth-order valence-corrected chi connectivity index (χ4v) is 5.03. The molecule has 0 amide bonds. The Hall–Kier alpha value is -4.79. The van der Waals surface area contributed by atoms with Crippen LogP contribution in [-0.4, -0.2) is 46.9 Å². The van der Waals surface area contributed by atoms with Gasteiger partial charge in [-0.05, 0) is 53.1 Å². The molecule has 9 heteroatoms. The minimum Gasteiger partial charge on any atom is -0.368 e. The molecule has 6 rings (SSSR count). The van der Waals surface area contributed by atoms with E-state index < -0.39 is 11.7 Å². The van der Waals surface area contributed by atoms with Crippen LogP contribution >= 0.6 is 0 Å². The molecule has 3 heterocycles. The molecule has 1 aliphatic rings. The molecule has 0 aliphatic carbocycles. The summed E-state index contributed by atoms with van der Waals surface area (Å²) in [7, 11) is 0. The molecule has 0 bridgehead atoms. The summed E-state index contributed by atoms with van der Waals surface area (Å²) < 4.78 is 38.4. The molecule has 0 unspecified atom stereocenters. The molecule has 206 valence electrons. The molecule has 5 aromatic rings. The van der Waals surface area contributed by atoms with Gasteiger partial charge in [0.05, 0.1) is 22.8 Å². The lowest BCUT2D eigenvalue weighted by Gasteiger charge is -2.36. The largest absolute Gasteiger partial charge is 0.416 e. The standard InChI is InChI=1S/C32H26F3N5O/c33-32(34,35)26-8-5-24(6-9-26)30(41)19-22-1-3-23(4-2-22)25-7-10-28-29(20-25)38-31(21-37-28)40-17-15-39(16-18-40)27-11-13-36-14-12-27/h1-14,20-21H,15-19H2. The molecule has 1 saturated heterocycles. The van der Waals surface area contributed by atoms with E-state index in [9.17, 15) is 18.0 Å². The molecule has 0 radical (unpaired) electrons. The molecule has 41 heavy (non-hydrogen) atoms. The number of alkyl halides is 3. The number of carbonyl (C=O) groups excluding carboxylic acids is 1. The first kappa shape index (κ1) is 26.4. The van der Waals surface area contributed by atoms with E-state index in [-0.39, 0.29) is 17.8 Å². The molecular weight excluding hydrogens is 527 g/mol. The van der Waals surface area contributed by atoms with Gasteiger partial charge in [-0.2, -0.15) is 13.2 Å². The number of halogens is 3. The van der Waals surface area contributed by atoms with E-state index in [0.717, 1.165) is 71.9 Å². The third-order valence-corrected chi connectivity index (χ3v) is 7.35. The zero-order valence-corrected chi connectivity index (χ0v) is 22.1. The summed E-state index contributed by atoms with van der Waals surface area (Å²) in [5.41, 5.74) is 5.00. The lowest BCUT2D eigenvalue weighted by atomic mass is 9.99. The van der Waals surface area contributed by atoms with Crippen molar-refractivity contribution in [2.45, 2.75) is 12.6 Å². The number of hydrogen-bond acceptors (Lipinski definition) is 6. The average Bonchev–Trinajstić information content (AvgIpc) is 3.01. The van der Waals surface area contributed by atoms with Crippen LogP contribution in [0.25, 0.3) is 22.2 Å². The van der Waals surface area contributed by atoms with Crippen LogP contribution in [0.3, 0.4) is 0 Å². The van der Waals surface area contributed by atoms with Crippen LogP contribution in [0, 0.1) is 0 Å². The fraction of sp³-hybridized carbons (Fsp3) is 0.188. The number of nitrogens with zero attached hydrogens (tertiary/aromatic N) is 5. The highest BCUT2D eigenvalue weighted by atomic mass is 19.4. The van der Waals surface area contributed by atoms with Crippen molar-refractivity contribution in [2.24, 2.45) is 0 Å². The van der Waals surface area contributed by atoms with Crippen molar-refractivity contribution in [1.29, 1.82) is 0 Å². The summed E-state index contributed by atoms with van der Waals surface area (Å²) in [6.45, 7) is 3.46. The van der Waals surface area contributed by atoms with Crippen LogP contribution in [0.2, 0.25) is 0 Å². The fourth-order valence-electron chi connectivity index (χ4n) is 5.03. The summed E-state index contributed by atoms with van der Waals surface area (Å²) in [6.07, 6.45) is 1.12. The third-order valence-electron chi connectivity index (χ3n) is 7.35. The zero-order valence-electron chi connectivity index (χ0n) is 22.1. The van der Waals surface area contributed by atoms with Gasteiger partial charge < -0.3 is 9.80 Å². The van der Waals surface area contributed by atoms with Gasteiger partial charge in [0.15, 0.2) is 5.78 Å². The van der Waals surface area contributed by atoms with Crippen molar-refractivity contribution in [2.75, 3.05) is 36.0 Å². The Balaban J connectivity index is 1.13. The van der Waals surface area contributed by atoms with Gasteiger partial charge in [0.1, 0.15) is 5.82 Å². The van der Waals surface area contributed by atoms with E-state index in [1.807, 2.05) is 73.2 Å². The van der Waals surface area contributed by atoms with E-state index in [0.29, 0.717) is 0 Å². The Morgan fingerprint density at radius 2 is 1.41 bits per heavy atom. The number of ketones is 1. The Bertz CT molecular complexity index is 1660. The van der Waals surface area contributed by atoms with Crippen molar-refractivity contribution in [3.8, 4) is 11.1 Å². The van der Waals surface area contributed by atoms with Gasteiger partial charge in [-0.1, -0.05) is 42.5 Å². The molecular formula is C32H26F3N5O. The van der Waals surface area contributed by atoms with Crippen LogP contribution in [0.15, 0.2) is 97.5 Å². The van der Waals surface area contributed by atoms with E-state index in [2.05, 4.69) is 19.8 Å². The minimum atomic E-state index is -4.43. The second-order valence-corrected chi connectivity index (χ2v) is 9.98. The maximum atomic E-state index is 12.8. The molecule has 0 N–H and O–H groups in total. The number of carbonyl (C=O) groups is 1. The van der Waals surface area contributed by atoms with Crippen LogP contribution < -0.4 is 9.80 Å². The Morgan fingerprint density at radius 1 is 0.756 bits per heavy atom. The normalized spacial score (nSPS) is 13.9. The number of rotatable bonds is 6. The van der Waals surface area contributed by atoms with Gasteiger partial charge >= 0.3 is 6.18 Å². The first-order chi connectivity index (χ1) is 19.8. The van der Waals surface area contributed by atoms with Crippen LogP contribution in [-0.2, 0) is 12.6 Å². The summed E-state index contributed by atoms with van der Waals surface area (Å²) in [4.78, 5) is 30.9. The Morgan fingerprint density at radius 3 is 2.10 bits per heavy atom. The number of Topliss-reactive ketones (excluding diaryl/α,β-unsaturated/α-hetero) is 1. The second-order valence-electron chi connectivity index (χ2n) is 9.98. The maximum Gasteiger partial charge on any atom is 0.416 e. The smallest absolute Gasteiger partial charge is 0.368 e. The molecule has 0 spiro atoms. The SMILES string of the molecule is O=C(Cc1ccc(-c2ccc3ncc(N4CCN(c5ccncc5)CC4)nc3c2)cc1)c1ccc(C(F)(F)F)cc1. The number of fused-ring (bicyclic) bond motifs is 1. The van der Waals surface area contributed by atoms with Crippen molar-refractivity contribution in [3.63, 3.8) is 0 Å². The van der Waals surface area contributed by atoms with Gasteiger partial charge in [0, 0.05) is 56.2 Å². The van der Waals surface area contributed by atoms with Gasteiger partial charge in [0.2, 0.25) is 0 Å². The van der Waals surface area contributed by atoms with Crippen molar-refractivity contribution in [1.82, 2.24) is 15.0 Å². The summed E-state index contributed by atoms with van der Waals surface area (Å²) in [6, 6.07) is 21.9. The highest BCUT2D eigenvalue weighted by Crippen LogP contribution is 2.30. The van der Waals surface area contributed by atoms with E-state index in [1.165, 1.54) is 17.8 Å². The number of piperazine rings is 1. The second kappa shape index (κ2) is 11.0. The Kier molecular flexibility index (Phi) is 7.09. The van der Waals surface area contributed by atoms with Crippen LogP contribution in [0.5, 0.6) is 0 Å². The van der Waals surface area contributed by atoms with Crippen molar-refractivity contribution < 1.29 is 18.0 Å². The molecule has 3 aromatic carbocycles. The average molecular weight is 554 g/mol. The van der Waals surface area contributed by atoms with Crippen molar-refractivity contribution in [3.05, 3.63) is 114 Å². The highest BCUT2D eigenvalue weighted by Gasteiger charge is 2.30. The topological polar surface area (TPSA) is 62.2 Å². The quantitative estimate of drug-likeness (QED) is 0.225. The molecule has 0 atom stereocenters. The summed E-state index contributed by atoms with van der Waals surface area (Å²) in [5.74, 6) is 0.614. The zero-order chi connectivity index (χ0) is 28.4. The van der Waals surface area contributed by atoms with E-state index in [4.69, 9.17) is 4.98 Å². The lowest BCUT2D eigenvalue weighted by Crippen LogP contribution is -2.46. The Labute approximate surface area is 235 Å². The number of benzene rings is 3. The predicted molar refractivity (Wildman–Crippen MR) is 153 cm³/mol. The summed E-state index contributed by atoms with van der Waals surface area (Å²) >= 11 is 0. The molecule has 1 aliphatic heterocycles. The van der Waals surface area contributed by atoms with Crippen LogP contribution in [0.4, 0.5) is 24.7 Å². The lowest BCUT2D eigenvalue weighted by molar-refractivity contribution is -0.137. The maximum absolute atomic E-state index is 12.8. The number of anilines is 2. The number of hydrogen-bond donors (Lipinski definition) is 0. The van der Waals surface area contributed by atoms with Gasteiger partial charge in [-0.3, -0.25) is 14.8 Å². The minimum absolute atomic E-state index is 0.104. The number of pyridine rings is 1. The van der Waals surface area contributed by atoms with Gasteiger partial charge in [0.25, 0.3) is 0 Å². The van der Waals surface area contributed by atoms with Gasteiger partial charge in [-0.25, -0.2) is 4.98 Å². The first-order valence-corrected chi connectivity index (χ1v) is 13.3. The van der Waals surface area contributed by atoms with E-state index in [1.54, 1.807) is 0 Å². The molecule has 0 saturated carbocycles. The van der Waals surface area contributed by atoms with Crippen LogP contribution in [0.1, 0.15) is 21.5 Å². The predicted octanol–water partition coefficient (Wildman–Crippen LogP) is 6.46. The molecule has 6 nitrogen and oxygen atoms in total. The first-order valence-electron chi connectivity index (χ1n) is 13.3. The molecule has 1 fully saturated rings. The molecule has 2 aromatic heterocycles. The monoisotopic (exact) mass is 553 g/mol. The van der Waals surface area contributed by atoms with Crippen molar-refractivity contribution >= 4 is 28.3 Å². The van der Waals surface area contributed by atoms with Gasteiger partial charge in [-0.15, -0.1) is 0 Å². The number of aromatic nitrogens is 3.